The van der Waals surface area contributed by atoms with Crippen molar-refractivity contribution >= 4 is 0 Å². The van der Waals surface area contributed by atoms with Crippen LogP contribution in [0.2, 0.25) is 0 Å². The number of aliphatic hydroxyl groups excluding tert-OH is 1. The van der Waals surface area contributed by atoms with E-state index < -0.39 is 18.7 Å². The lowest BCUT2D eigenvalue weighted by atomic mass is 10.0. The summed E-state index contributed by atoms with van der Waals surface area (Å²) in [5, 5.41) is 9.81. The van der Waals surface area contributed by atoms with Crippen molar-refractivity contribution in [3.05, 3.63) is 29.8 Å². The average Bonchev–Trinajstić information content (AvgIpc) is 2.38. The Morgan fingerprint density at radius 2 is 1.80 bits per heavy atom. The van der Waals surface area contributed by atoms with Crippen molar-refractivity contribution in [2.75, 3.05) is 6.61 Å². The fraction of sp³-hybridized carbons (Fsp3) is 0.600. The molecule has 0 saturated heterocycles. The Labute approximate surface area is 117 Å². The van der Waals surface area contributed by atoms with Crippen LogP contribution >= 0.6 is 0 Å². The third-order valence-corrected chi connectivity index (χ3v) is 2.97. The number of unbranched alkanes of at least 4 members (excludes halogenated alkanes) is 1. The number of hydrogen-bond acceptors (Lipinski definition) is 2. The molecule has 0 aliphatic carbocycles. The molecule has 2 nitrogen and oxygen atoms in total. The van der Waals surface area contributed by atoms with E-state index in [9.17, 15) is 18.3 Å². The molecule has 0 radical (unpaired) electrons. The van der Waals surface area contributed by atoms with Gasteiger partial charge in [-0.25, -0.2) is 0 Å². The second-order valence-corrected chi connectivity index (χ2v) is 4.79. The van der Waals surface area contributed by atoms with Crippen LogP contribution in [0.4, 0.5) is 13.2 Å². The molecule has 0 spiro atoms. The molecule has 1 atom stereocenters. The summed E-state index contributed by atoms with van der Waals surface area (Å²) >= 11 is 0. The van der Waals surface area contributed by atoms with E-state index >= 15 is 0 Å². The maximum absolute atomic E-state index is 12.0. The topological polar surface area (TPSA) is 29.5 Å². The van der Waals surface area contributed by atoms with Crippen LogP contribution in [-0.4, -0.2) is 17.9 Å². The van der Waals surface area contributed by atoms with Crippen LogP contribution < -0.4 is 4.74 Å². The van der Waals surface area contributed by atoms with Gasteiger partial charge in [0.15, 0.2) is 0 Å². The molecule has 0 aromatic heterocycles. The largest absolute Gasteiger partial charge is 0.494 e. The first-order valence-electron chi connectivity index (χ1n) is 6.90. The standard InChI is InChI=1S/C15H21F3O2/c1-2-3-11-20-13-8-6-12(7-9-13)14(19)5-4-10-15(16,17)18/h6-9,14,19H,2-5,10-11H2,1H3. The maximum Gasteiger partial charge on any atom is 0.389 e. The number of rotatable bonds is 8. The number of benzene rings is 1. The highest BCUT2D eigenvalue weighted by atomic mass is 19.4. The Morgan fingerprint density at radius 3 is 2.35 bits per heavy atom. The summed E-state index contributed by atoms with van der Waals surface area (Å²) in [6, 6.07) is 6.86. The number of aliphatic hydroxyl groups is 1. The molecular weight excluding hydrogens is 269 g/mol. The van der Waals surface area contributed by atoms with Crippen LogP contribution in [0.5, 0.6) is 5.75 Å². The van der Waals surface area contributed by atoms with Gasteiger partial charge < -0.3 is 9.84 Å². The Morgan fingerprint density at radius 1 is 1.15 bits per heavy atom. The van der Waals surface area contributed by atoms with Gasteiger partial charge >= 0.3 is 6.18 Å². The minimum absolute atomic E-state index is 0.0700. The summed E-state index contributed by atoms with van der Waals surface area (Å²) in [7, 11) is 0. The van der Waals surface area contributed by atoms with Crippen molar-refractivity contribution in [1.82, 2.24) is 0 Å². The fourth-order valence-corrected chi connectivity index (χ4v) is 1.78. The zero-order valence-electron chi connectivity index (χ0n) is 11.6. The quantitative estimate of drug-likeness (QED) is 0.707. The lowest BCUT2D eigenvalue weighted by Gasteiger charge is -2.13. The van der Waals surface area contributed by atoms with E-state index in [0.29, 0.717) is 17.9 Å². The molecule has 20 heavy (non-hydrogen) atoms. The predicted molar refractivity (Wildman–Crippen MR) is 71.7 cm³/mol. The first kappa shape index (κ1) is 16.8. The van der Waals surface area contributed by atoms with Crippen LogP contribution in [0.3, 0.4) is 0 Å². The molecule has 114 valence electrons. The molecule has 0 bridgehead atoms. The third-order valence-electron chi connectivity index (χ3n) is 2.97. The Hall–Kier alpha value is -1.23. The number of halogens is 3. The van der Waals surface area contributed by atoms with Gasteiger partial charge in [0.25, 0.3) is 0 Å². The molecule has 0 amide bonds. The maximum atomic E-state index is 12.0. The third kappa shape index (κ3) is 6.80. The van der Waals surface area contributed by atoms with Crippen LogP contribution in [-0.2, 0) is 0 Å². The highest BCUT2D eigenvalue weighted by Gasteiger charge is 2.26. The smallest absolute Gasteiger partial charge is 0.389 e. The van der Waals surface area contributed by atoms with Gasteiger partial charge in [-0.05, 0) is 37.0 Å². The molecule has 0 heterocycles. The Bertz CT molecular complexity index is 374. The van der Waals surface area contributed by atoms with Crippen molar-refractivity contribution in [2.45, 2.75) is 51.3 Å². The minimum atomic E-state index is -4.16. The molecule has 0 fully saturated rings. The summed E-state index contributed by atoms with van der Waals surface area (Å²) in [4.78, 5) is 0. The Kier molecular flexibility index (Phi) is 6.85. The number of hydrogen-bond donors (Lipinski definition) is 1. The summed E-state index contributed by atoms with van der Waals surface area (Å²) in [6.07, 6.45) is -3.81. The van der Waals surface area contributed by atoms with Crippen molar-refractivity contribution in [1.29, 1.82) is 0 Å². The molecule has 0 saturated carbocycles. The molecule has 1 aromatic carbocycles. The van der Waals surface area contributed by atoms with E-state index in [4.69, 9.17) is 4.74 Å². The lowest BCUT2D eigenvalue weighted by Crippen LogP contribution is -2.08. The lowest BCUT2D eigenvalue weighted by molar-refractivity contribution is -0.136. The Balaban J connectivity index is 2.39. The average molecular weight is 290 g/mol. The SMILES string of the molecule is CCCCOc1ccc(C(O)CCCC(F)(F)F)cc1. The van der Waals surface area contributed by atoms with Crippen LogP contribution in [0, 0.1) is 0 Å². The first-order chi connectivity index (χ1) is 9.42. The van der Waals surface area contributed by atoms with E-state index in [1.807, 2.05) is 0 Å². The van der Waals surface area contributed by atoms with Gasteiger partial charge in [-0.1, -0.05) is 25.5 Å². The highest BCUT2D eigenvalue weighted by molar-refractivity contribution is 5.28. The van der Waals surface area contributed by atoms with Crippen molar-refractivity contribution in [3.63, 3.8) is 0 Å². The normalized spacial score (nSPS) is 13.2. The zero-order valence-corrected chi connectivity index (χ0v) is 11.6. The molecule has 1 rings (SSSR count). The molecule has 5 heteroatoms. The van der Waals surface area contributed by atoms with Crippen LogP contribution in [0.15, 0.2) is 24.3 Å². The first-order valence-corrected chi connectivity index (χ1v) is 6.90. The van der Waals surface area contributed by atoms with Crippen molar-refractivity contribution < 1.29 is 23.0 Å². The summed E-state index contributed by atoms with van der Waals surface area (Å²) in [6.45, 7) is 2.72. The molecule has 1 unspecified atom stereocenters. The van der Waals surface area contributed by atoms with Gasteiger partial charge in [0, 0.05) is 6.42 Å². The highest BCUT2D eigenvalue weighted by Crippen LogP contribution is 2.27. The number of ether oxygens (including phenoxy) is 1. The fourth-order valence-electron chi connectivity index (χ4n) is 1.78. The van der Waals surface area contributed by atoms with Crippen molar-refractivity contribution in [2.24, 2.45) is 0 Å². The van der Waals surface area contributed by atoms with Gasteiger partial charge in [0.1, 0.15) is 5.75 Å². The monoisotopic (exact) mass is 290 g/mol. The van der Waals surface area contributed by atoms with Crippen LogP contribution in [0.1, 0.15) is 50.7 Å². The van der Waals surface area contributed by atoms with Gasteiger partial charge in [-0.15, -0.1) is 0 Å². The van der Waals surface area contributed by atoms with E-state index in [-0.39, 0.29) is 12.8 Å². The number of alkyl halides is 3. The van der Waals surface area contributed by atoms with Gasteiger partial charge in [0.05, 0.1) is 12.7 Å². The summed E-state index contributed by atoms with van der Waals surface area (Å²) in [5.74, 6) is 0.713. The van der Waals surface area contributed by atoms with E-state index in [1.165, 1.54) is 0 Å². The molecule has 0 aliphatic heterocycles. The van der Waals surface area contributed by atoms with E-state index in [2.05, 4.69) is 6.92 Å². The molecular formula is C15H21F3O2. The van der Waals surface area contributed by atoms with Gasteiger partial charge in [-0.3, -0.25) is 0 Å². The second-order valence-electron chi connectivity index (χ2n) is 4.79. The molecule has 1 aromatic rings. The minimum Gasteiger partial charge on any atom is -0.494 e. The summed E-state index contributed by atoms with van der Waals surface area (Å²) in [5.41, 5.74) is 0.620. The summed E-state index contributed by atoms with van der Waals surface area (Å²) < 4.78 is 41.5. The zero-order chi connectivity index (χ0) is 15.0. The molecule has 0 aliphatic rings. The predicted octanol–water partition coefficient (Wildman–Crippen LogP) is 4.63. The van der Waals surface area contributed by atoms with Gasteiger partial charge in [0.2, 0.25) is 0 Å². The van der Waals surface area contributed by atoms with E-state index in [0.717, 1.165) is 12.8 Å². The molecule has 1 N–H and O–H groups in total. The van der Waals surface area contributed by atoms with Crippen molar-refractivity contribution in [3.8, 4) is 5.75 Å². The van der Waals surface area contributed by atoms with Crippen LogP contribution in [0.25, 0.3) is 0 Å². The van der Waals surface area contributed by atoms with E-state index in [1.54, 1.807) is 24.3 Å². The van der Waals surface area contributed by atoms with Gasteiger partial charge in [-0.2, -0.15) is 13.2 Å². The second kappa shape index (κ2) is 8.15.